The summed E-state index contributed by atoms with van der Waals surface area (Å²) in [6, 6.07) is 8.72. The molecular weight excluding hydrogens is 196 g/mol. The maximum Gasteiger partial charge on any atom is 0.0647 e. The number of aliphatic hydroxyl groups is 1. The van der Waals surface area contributed by atoms with Gasteiger partial charge in [-0.1, -0.05) is 31.2 Å². The van der Waals surface area contributed by atoms with Gasteiger partial charge in [0.25, 0.3) is 0 Å². The van der Waals surface area contributed by atoms with Crippen LogP contribution in [0.4, 0.5) is 0 Å². The summed E-state index contributed by atoms with van der Waals surface area (Å²) < 4.78 is 0. The fourth-order valence-corrected chi connectivity index (χ4v) is 3.49. The summed E-state index contributed by atoms with van der Waals surface area (Å²) in [5.74, 6) is 1.29. The summed E-state index contributed by atoms with van der Waals surface area (Å²) in [4.78, 5) is 0. The lowest BCUT2D eigenvalue weighted by Gasteiger charge is -2.25. The van der Waals surface area contributed by atoms with E-state index >= 15 is 0 Å². The third-order valence-electron chi connectivity index (χ3n) is 4.28. The molecule has 2 aliphatic rings. The smallest absolute Gasteiger partial charge is 0.0647 e. The van der Waals surface area contributed by atoms with Crippen LogP contribution in [-0.4, -0.2) is 11.7 Å². The van der Waals surface area contributed by atoms with Crippen LogP contribution in [0.25, 0.3) is 5.57 Å². The number of aliphatic hydroxyl groups excluding tert-OH is 1. The molecule has 0 unspecified atom stereocenters. The number of allylic oxidation sites excluding steroid dienone is 1. The average molecular weight is 214 g/mol. The molecule has 0 amide bonds. The van der Waals surface area contributed by atoms with E-state index in [2.05, 4.69) is 31.2 Å². The van der Waals surface area contributed by atoms with Crippen LogP contribution in [0.5, 0.6) is 0 Å². The van der Waals surface area contributed by atoms with E-state index in [9.17, 15) is 5.11 Å². The molecule has 1 aromatic rings. The maximum atomic E-state index is 9.49. The minimum atomic E-state index is 0.243. The van der Waals surface area contributed by atoms with Gasteiger partial charge in [0.1, 0.15) is 0 Å². The van der Waals surface area contributed by atoms with Crippen molar-refractivity contribution in [1.82, 2.24) is 0 Å². The molecule has 2 atom stereocenters. The van der Waals surface area contributed by atoms with Crippen molar-refractivity contribution in [3.63, 3.8) is 0 Å². The molecule has 0 aromatic heterocycles. The van der Waals surface area contributed by atoms with Crippen molar-refractivity contribution in [3.05, 3.63) is 41.0 Å². The molecule has 0 radical (unpaired) electrons. The van der Waals surface area contributed by atoms with Gasteiger partial charge in [-0.2, -0.15) is 0 Å². The molecule has 0 spiro atoms. The Labute approximate surface area is 96.8 Å². The Bertz CT molecular complexity index is 445. The van der Waals surface area contributed by atoms with Crippen molar-refractivity contribution in [2.24, 2.45) is 5.92 Å². The highest BCUT2D eigenvalue weighted by atomic mass is 16.3. The number of hydrogen-bond acceptors (Lipinski definition) is 1. The largest absolute Gasteiger partial charge is 0.392 e. The first-order valence-corrected chi connectivity index (χ1v) is 6.25. The Morgan fingerprint density at radius 2 is 2.12 bits per heavy atom. The third-order valence-corrected chi connectivity index (χ3v) is 4.28. The van der Waals surface area contributed by atoms with Crippen molar-refractivity contribution >= 4 is 5.57 Å². The first-order chi connectivity index (χ1) is 7.83. The van der Waals surface area contributed by atoms with Gasteiger partial charge < -0.3 is 5.11 Å². The van der Waals surface area contributed by atoms with Crippen LogP contribution in [-0.2, 0) is 0 Å². The van der Waals surface area contributed by atoms with Crippen molar-refractivity contribution in [1.29, 1.82) is 0 Å². The summed E-state index contributed by atoms with van der Waals surface area (Å²) in [7, 11) is 0. The second kappa shape index (κ2) is 3.74. The zero-order valence-electron chi connectivity index (χ0n) is 9.74. The molecule has 0 saturated heterocycles. The average Bonchev–Trinajstić information content (AvgIpc) is 2.64. The standard InChI is InChI=1S/C15H18O/c1-10-12-6-2-3-7-14(12)15-11(9-16)5-4-8-13(10)15/h2-3,6-7,10,13,16H,4-5,8-9H2,1H3/t10-,13+/m1/s1. The summed E-state index contributed by atoms with van der Waals surface area (Å²) in [5, 5.41) is 9.49. The van der Waals surface area contributed by atoms with Crippen LogP contribution < -0.4 is 0 Å². The second-order valence-corrected chi connectivity index (χ2v) is 5.05. The number of benzene rings is 1. The normalized spacial score (nSPS) is 27.9. The predicted octanol–water partition coefficient (Wildman–Crippen LogP) is 3.35. The van der Waals surface area contributed by atoms with Gasteiger partial charge in [-0.05, 0) is 53.4 Å². The molecule has 1 aromatic carbocycles. The molecule has 3 rings (SSSR count). The van der Waals surface area contributed by atoms with E-state index in [1.165, 1.54) is 35.1 Å². The van der Waals surface area contributed by atoms with Crippen LogP contribution in [0.2, 0.25) is 0 Å². The maximum absolute atomic E-state index is 9.49. The van der Waals surface area contributed by atoms with Crippen LogP contribution in [0.15, 0.2) is 29.8 Å². The molecule has 0 saturated carbocycles. The van der Waals surface area contributed by atoms with Crippen molar-refractivity contribution < 1.29 is 5.11 Å². The molecule has 0 bridgehead atoms. The van der Waals surface area contributed by atoms with Gasteiger partial charge in [-0.3, -0.25) is 0 Å². The highest BCUT2D eigenvalue weighted by Crippen LogP contribution is 2.51. The van der Waals surface area contributed by atoms with Crippen LogP contribution in [0.1, 0.15) is 43.2 Å². The fraction of sp³-hybridized carbons (Fsp3) is 0.467. The summed E-state index contributed by atoms with van der Waals surface area (Å²) in [5.41, 5.74) is 5.64. The van der Waals surface area contributed by atoms with E-state index in [0.717, 1.165) is 6.42 Å². The predicted molar refractivity (Wildman–Crippen MR) is 66.2 cm³/mol. The number of hydrogen-bond donors (Lipinski definition) is 1. The molecule has 0 fully saturated rings. The molecule has 2 aliphatic carbocycles. The highest BCUT2D eigenvalue weighted by molar-refractivity contribution is 5.79. The minimum Gasteiger partial charge on any atom is -0.392 e. The lowest BCUT2D eigenvalue weighted by atomic mass is 9.80. The fourth-order valence-electron chi connectivity index (χ4n) is 3.49. The van der Waals surface area contributed by atoms with Gasteiger partial charge in [-0.15, -0.1) is 0 Å². The molecule has 0 heterocycles. The lowest BCUT2D eigenvalue weighted by Crippen LogP contribution is -2.12. The van der Waals surface area contributed by atoms with Gasteiger partial charge in [0.2, 0.25) is 0 Å². The number of fused-ring (bicyclic) bond motifs is 3. The zero-order chi connectivity index (χ0) is 11.1. The van der Waals surface area contributed by atoms with E-state index in [1.807, 2.05) is 0 Å². The molecule has 1 nitrogen and oxygen atoms in total. The summed E-state index contributed by atoms with van der Waals surface area (Å²) in [6.07, 6.45) is 3.61. The quantitative estimate of drug-likeness (QED) is 0.760. The van der Waals surface area contributed by atoms with Gasteiger partial charge in [0.05, 0.1) is 6.61 Å². The summed E-state index contributed by atoms with van der Waals surface area (Å²) in [6.45, 7) is 2.57. The first-order valence-electron chi connectivity index (χ1n) is 6.25. The Morgan fingerprint density at radius 1 is 1.31 bits per heavy atom. The first kappa shape index (κ1) is 10.1. The Kier molecular flexibility index (Phi) is 2.36. The Hall–Kier alpha value is -1.08. The Morgan fingerprint density at radius 3 is 2.94 bits per heavy atom. The van der Waals surface area contributed by atoms with Gasteiger partial charge in [0, 0.05) is 0 Å². The van der Waals surface area contributed by atoms with Gasteiger partial charge >= 0.3 is 0 Å². The van der Waals surface area contributed by atoms with E-state index in [0.29, 0.717) is 11.8 Å². The minimum absolute atomic E-state index is 0.243. The van der Waals surface area contributed by atoms with Gasteiger partial charge in [0.15, 0.2) is 0 Å². The zero-order valence-corrected chi connectivity index (χ0v) is 9.74. The van der Waals surface area contributed by atoms with Crippen molar-refractivity contribution in [2.45, 2.75) is 32.1 Å². The van der Waals surface area contributed by atoms with Crippen LogP contribution >= 0.6 is 0 Å². The van der Waals surface area contributed by atoms with E-state index in [4.69, 9.17) is 0 Å². The Balaban J connectivity index is 2.21. The third kappa shape index (κ3) is 1.28. The molecular formula is C15H18O. The lowest BCUT2D eigenvalue weighted by molar-refractivity contribution is 0.320. The van der Waals surface area contributed by atoms with Crippen molar-refractivity contribution in [3.8, 4) is 0 Å². The topological polar surface area (TPSA) is 20.2 Å². The van der Waals surface area contributed by atoms with E-state index in [1.54, 1.807) is 0 Å². The monoisotopic (exact) mass is 214 g/mol. The van der Waals surface area contributed by atoms with E-state index < -0.39 is 0 Å². The van der Waals surface area contributed by atoms with Crippen LogP contribution in [0.3, 0.4) is 0 Å². The van der Waals surface area contributed by atoms with Crippen molar-refractivity contribution in [2.75, 3.05) is 6.61 Å². The van der Waals surface area contributed by atoms with Crippen LogP contribution in [0, 0.1) is 5.92 Å². The molecule has 1 heteroatoms. The summed E-state index contributed by atoms with van der Waals surface area (Å²) >= 11 is 0. The molecule has 16 heavy (non-hydrogen) atoms. The molecule has 1 N–H and O–H groups in total. The van der Waals surface area contributed by atoms with Gasteiger partial charge in [-0.25, -0.2) is 0 Å². The second-order valence-electron chi connectivity index (χ2n) is 5.05. The molecule has 84 valence electrons. The number of rotatable bonds is 1. The highest BCUT2D eigenvalue weighted by Gasteiger charge is 2.36. The van der Waals surface area contributed by atoms with E-state index in [-0.39, 0.29) is 6.61 Å². The molecule has 0 aliphatic heterocycles. The SMILES string of the molecule is C[C@@H]1c2ccccc2C2=C(CO)CCC[C@H]21.